The molecule has 1 heterocycles. The van der Waals surface area contributed by atoms with Gasteiger partial charge in [0.1, 0.15) is 4.47 Å². The molecule has 19 heavy (non-hydrogen) atoms. The molecule has 100 valence electrons. The number of rotatable bonds is 5. The van der Waals surface area contributed by atoms with Gasteiger partial charge in [0.25, 0.3) is 5.56 Å². The van der Waals surface area contributed by atoms with Crippen LogP contribution < -0.4 is 5.56 Å². The minimum absolute atomic E-state index is 0.0713. The van der Waals surface area contributed by atoms with Crippen molar-refractivity contribution in [3.63, 3.8) is 0 Å². The molecule has 0 aliphatic heterocycles. The van der Waals surface area contributed by atoms with E-state index in [2.05, 4.69) is 20.9 Å². The summed E-state index contributed by atoms with van der Waals surface area (Å²) in [6.45, 7) is 0.999. The van der Waals surface area contributed by atoms with Gasteiger partial charge in [-0.3, -0.25) is 9.36 Å². The van der Waals surface area contributed by atoms with Crippen LogP contribution in [0, 0.1) is 0 Å². The number of benzene rings is 1. The second kappa shape index (κ2) is 6.63. The Morgan fingerprint density at radius 3 is 2.74 bits per heavy atom. The molecule has 0 atom stereocenters. The van der Waals surface area contributed by atoms with Crippen molar-refractivity contribution >= 4 is 15.9 Å². The van der Waals surface area contributed by atoms with E-state index >= 15 is 0 Å². The maximum absolute atomic E-state index is 12.1. The van der Waals surface area contributed by atoms with Crippen LogP contribution in [0.2, 0.25) is 0 Å². The lowest BCUT2D eigenvalue weighted by atomic mass is 10.1. The van der Waals surface area contributed by atoms with Crippen LogP contribution in [0.3, 0.4) is 0 Å². The zero-order valence-electron chi connectivity index (χ0n) is 10.7. The highest BCUT2D eigenvalue weighted by Crippen LogP contribution is 2.13. The van der Waals surface area contributed by atoms with Crippen molar-refractivity contribution in [2.75, 3.05) is 13.7 Å². The molecule has 1 aromatic carbocycles. The lowest BCUT2D eigenvalue weighted by Gasteiger charge is -2.08. The zero-order valence-corrected chi connectivity index (χ0v) is 12.3. The Kier molecular flexibility index (Phi) is 4.87. The van der Waals surface area contributed by atoms with Crippen LogP contribution in [0.4, 0.5) is 0 Å². The normalized spacial score (nSPS) is 10.6. The van der Waals surface area contributed by atoms with E-state index in [1.54, 1.807) is 18.0 Å². The van der Waals surface area contributed by atoms with Crippen LogP contribution in [0.1, 0.15) is 11.3 Å². The van der Waals surface area contributed by atoms with Gasteiger partial charge < -0.3 is 4.74 Å². The molecule has 2 rings (SSSR count). The monoisotopic (exact) mass is 322 g/mol. The highest BCUT2D eigenvalue weighted by molar-refractivity contribution is 9.10. The second-order valence-electron chi connectivity index (χ2n) is 4.16. The minimum Gasteiger partial charge on any atom is -0.383 e. The first kappa shape index (κ1) is 14.0. The van der Waals surface area contributed by atoms with Crippen LogP contribution in [0.5, 0.6) is 0 Å². The average molecular weight is 323 g/mol. The molecule has 0 saturated carbocycles. The van der Waals surface area contributed by atoms with E-state index in [4.69, 9.17) is 4.74 Å². The number of ether oxygens (including phenoxy) is 1. The number of hydrogen-bond acceptors (Lipinski definition) is 3. The summed E-state index contributed by atoms with van der Waals surface area (Å²) in [5.41, 5.74) is 1.81. The molecule has 0 N–H and O–H groups in total. The van der Waals surface area contributed by atoms with Gasteiger partial charge in [-0.15, -0.1) is 0 Å². The molecule has 0 unspecified atom stereocenters. The van der Waals surface area contributed by atoms with Gasteiger partial charge in [-0.25, -0.2) is 4.98 Å². The number of halogens is 1. The fourth-order valence-electron chi connectivity index (χ4n) is 1.76. The number of methoxy groups -OCH3 is 1. The second-order valence-corrected chi connectivity index (χ2v) is 4.95. The molecular weight excluding hydrogens is 308 g/mol. The van der Waals surface area contributed by atoms with E-state index in [-0.39, 0.29) is 5.56 Å². The molecule has 0 fully saturated rings. The molecule has 1 aromatic heterocycles. The van der Waals surface area contributed by atoms with E-state index in [0.717, 1.165) is 11.3 Å². The van der Waals surface area contributed by atoms with Gasteiger partial charge in [0, 0.05) is 13.5 Å². The Bertz CT molecular complexity index is 596. The van der Waals surface area contributed by atoms with Crippen molar-refractivity contribution in [1.29, 1.82) is 0 Å². The van der Waals surface area contributed by atoms with E-state index in [1.807, 2.05) is 30.3 Å². The summed E-state index contributed by atoms with van der Waals surface area (Å²) in [7, 11) is 1.61. The summed E-state index contributed by atoms with van der Waals surface area (Å²) < 4.78 is 7.03. The van der Waals surface area contributed by atoms with Crippen molar-refractivity contribution < 1.29 is 4.74 Å². The SMILES string of the molecule is COCCn1cnc(Cc2ccccc2)c(Br)c1=O. The van der Waals surface area contributed by atoms with Gasteiger partial charge in [-0.05, 0) is 21.5 Å². The summed E-state index contributed by atoms with van der Waals surface area (Å²) in [6, 6.07) is 9.95. The van der Waals surface area contributed by atoms with Crippen molar-refractivity contribution in [2.24, 2.45) is 0 Å². The van der Waals surface area contributed by atoms with Crippen LogP contribution in [-0.4, -0.2) is 23.3 Å². The van der Waals surface area contributed by atoms with Crippen molar-refractivity contribution in [1.82, 2.24) is 9.55 Å². The van der Waals surface area contributed by atoms with E-state index < -0.39 is 0 Å². The van der Waals surface area contributed by atoms with Gasteiger partial charge in [0.2, 0.25) is 0 Å². The Labute approximate surface area is 120 Å². The third-order valence-corrected chi connectivity index (χ3v) is 3.60. The first-order chi connectivity index (χ1) is 9.22. The summed E-state index contributed by atoms with van der Waals surface area (Å²) in [5.74, 6) is 0. The highest BCUT2D eigenvalue weighted by Gasteiger charge is 2.09. The molecule has 0 radical (unpaired) electrons. The number of aromatic nitrogens is 2. The molecule has 0 saturated heterocycles. The summed E-state index contributed by atoms with van der Waals surface area (Å²) in [4.78, 5) is 16.5. The molecule has 0 aliphatic rings. The Balaban J connectivity index is 2.24. The molecular formula is C14H15BrN2O2. The molecule has 0 spiro atoms. The first-order valence-corrected chi connectivity index (χ1v) is 6.78. The van der Waals surface area contributed by atoms with E-state index in [0.29, 0.717) is 24.0 Å². The minimum atomic E-state index is -0.0713. The molecule has 0 bridgehead atoms. The van der Waals surface area contributed by atoms with Gasteiger partial charge in [-0.2, -0.15) is 0 Å². The van der Waals surface area contributed by atoms with Crippen molar-refractivity contribution in [3.05, 3.63) is 62.7 Å². The predicted octanol–water partition coefficient (Wildman–Crippen LogP) is 2.24. The summed E-state index contributed by atoms with van der Waals surface area (Å²) in [5, 5.41) is 0. The van der Waals surface area contributed by atoms with Gasteiger partial charge in [-0.1, -0.05) is 30.3 Å². The maximum Gasteiger partial charge on any atom is 0.267 e. The maximum atomic E-state index is 12.1. The smallest absolute Gasteiger partial charge is 0.267 e. The lowest BCUT2D eigenvalue weighted by molar-refractivity contribution is 0.185. The van der Waals surface area contributed by atoms with Gasteiger partial charge >= 0.3 is 0 Å². The topological polar surface area (TPSA) is 44.1 Å². The van der Waals surface area contributed by atoms with E-state index in [1.165, 1.54) is 0 Å². The van der Waals surface area contributed by atoms with E-state index in [9.17, 15) is 4.79 Å². The molecule has 4 nitrogen and oxygen atoms in total. The number of nitrogens with zero attached hydrogens (tertiary/aromatic N) is 2. The highest BCUT2D eigenvalue weighted by atomic mass is 79.9. The summed E-state index contributed by atoms with van der Waals surface area (Å²) in [6.07, 6.45) is 2.21. The third-order valence-electron chi connectivity index (χ3n) is 2.81. The average Bonchev–Trinajstić information content (AvgIpc) is 2.44. The van der Waals surface area contributed by atoms with Crippen LogP contribution in [0.15, 0.2) is 45.9 Å². The Morgan fingerprint density at radius 2 is 2.05 bits per heavy atom. The fraction of sp³-hybridized carbons (Fsp3) is 0.286. The molecule has 0 aliphatic carbocycles. The first-order valence-electron chi connectivity index (χ1n) is 5.99. The Hall–Kier alpha value is -1.46. The predicted molar refractivity (Wildman–Crippen MR) is 77.3 cm³/mol. The molecule has 2 aromatic rings. The van der Waals surface area contributed by atoms with Crippen LogP contribution >= 0.6 is 15.9 Å². The zero-order chi connectivity index (χ0) is 13.7. The molecule has 0 amide bonds. The van der Waals surface area contributed by atoms with Crippen molar-refractivity contribution in [2.45, 2.75) is 13.0 Å². The molecule has 5 heteroatoms. The Morgan fingerprint density at radius 1 is 1.32 bits per heavy atom. The van der Waals surface area contributed by atoms with Gasteiger partial charge in [0.15, 0.2) is 0 Å². The van der Waals surface area contributed by atoms with Crippen molar-refractivity contribution in [3.8, 4) is 0 Å². The van der Waals surface area contributed by atoms with Crippen LogP contribution in [0.25, 0.3) is 0 Å². The third kappa shape index (κ3) is 3.52. The number of hydrogen-bond donors (Lipinski definition) is 0. The fourth-order valence-corrected chi connectivity index (χ4v) is 2.23. The van der Waals surface area contributed by atoms with Crippen LogP contribution in [-0.2, 0) is 17.7 Å². The largest absolute Gasteiger partial charge is 0.383 e. The van der Waals surface area contributed by atoms with Gasteiger partial charge in [0.05, 0.1) is 25.2 Å². The quantitative estimate of drug-likeness (QED) is 0.848. The standard InChI is InChI=1S/C14H15BrN2O2/c1-19-8-7-17-10-16-12(13(15)14(17)18)9-11-5-3-2-4-6-11/h2-6,10H,7-9H2,1H3. The lowest BCUT2D eigenvalue weighted by Crippen LogP contribution is -2.24. The summed E-state index contributed by atoms with van der Waals surface area (Å²) >= 11 is 3.34.